The maximum atomic E-state index is 12.7. The van der Waals surface area contributed by atoms with Crippen LogP contribution in [0, 0.1) is 9.49 Å². The quantitative estimate of drug-likeness (QED) is 0.721. The van der Waals surface area contributed by atoms with Gasteiger partial charge in [0.15, 0.2) is 0 Å². The molecule has 1 aliphatic rings. The average molecular weight is 371 g/mol. The summed E-state index contributed by atoms with van der Waals surface area (Å²) in [5, 5.41) is 0. The molecule has 0 saturated carbocycles. The number of hydrogen-bond donors (Lipinski definition) is 0. The van der Waals surface area contributed by atoms with E-state index in [4.69, 9.17) is 0 Å². The van der Waals surface area contributed by atoms with Gasteiger partial charge in [-0.1, -0.05) is 26.7 Å². The zero-order chi connectivity index (χ0) is 14.2. The Morgan fingerprint density at radius 1 is 1.32 bits per heavy atom. The number of likely N-dealkylation sites (N-methyl/N-ethyl adjacent to an activating group) is 1. The highest BCUT2D eigenvalue weighted by Crippen LogP contribution is 2.45. The number of halogens is 1. The highest BCUT2D eigenvalue weighted by atomic mass is 127. The van der Waals surface area contributed by atoms with Gasteiger partial charge in [-0.25, -0.2) is 0 Å². The molecule has 0 fully saturated rings. The van der Waals surface area contributed by atoms with Crippen molar-refractivity contribution < 1.29 is 4.79 Å². The zero-order valence-corrected chi connectivity index (χ0v) is 14.3. The number of amides is 1. The van der Waals surface area contributed by atoms with E-state index in [1.54, 1.807) is 0 Å². The number of carbonyl (C=O) groups is 1. The van der Waals surface area contributed by atoms with E-state index in [2.05, 4.69) is 61.6 Å². The van der Waals surface area contributed by atoms with Crippen LogP contribution in [0.25, 0.3) is 0 Å². The Morgan fingerprint density at radius 2 is 1.95 bits per heavy atom. The van der Waals surface area contributed by atoms with Gasteiger partial charge in [-0.2, -0.15) is 0 Å². The maximum absolute atomic E-state index is 12.7. The molecular weight excluding hydrogens is 349 g/mol. The van der Waals surface area contributed by atoms with E-state index in [0.29, 0.717) is 5.92 Å². The van der Waals surface area contributed by atoms with E-state index in [0.717, 1.165) is 24.9 Å². The third-order valence-electron chi connectivity index (χ3n) is 4.54. The van der Waals surface area contributed by atoms with Crippen LogP contribution in [0.15, 0.2) is 18.2 Å². The summed E-state index contributed by atoms with van der Waals surface area (Å²) < 4.78 is 1.20. The lowest BCUT2D eigenvalue weighted by Gasteiger charge is -2.27. The molecule has 0 saturated heterocycles. The van der Waals surface area contributed by atoms with Gasteiger partial charge in [-0.3, -0.25) is 4.79 Å². The summed E-state index contributed by atoms with van der Waals surface area (Å²) in [7, 11) is 1.90. The van der Waals surface area contributed by atoms with Gasteiger partial charge >= 0.3 is 0 Å². The molecule has 0 aromatic heterocycles. The van der Waals surface area contributed by atoms with Crippen molar-refractivity contribution in [3.05, 3.63) is 27.3 Å². The van der Waals surface area contributed by atoms with Gasteiger partial charge in [0.25, 0.3) is 0 Å². The lowest BCUT2D eigenvalue weighted by molar-refractivity contribution is -0.123. The van der Waals surface area contributed by atoms with Crippen LogP contribution in [-0.4, -0.2) is 13.0 Å². The predicted molar refractivity (Wildman–Crippen MR) is 88.6 cm³/mol. The zero-order valence-electron chi connectivity index (χ0n) is 12.2. The van der Waals surface area contributed by atoms with Crippen molar-refractivity contribution in [3.63, 3.8) is 0 Å². The Bertz CT molecular complexity index is 496. The first-order valence-electron chi connectivity index (χ1n) is 7.02. The SMILES string of the molecule is CCC(CC)C[C@@]1(C)C(=O)N(C)c2ccc(I)cc21. The van der Waals surface area contributed by atoms with Gasteiger partial charge in [0.05, 0.1) is 5.41 Å². The normalized spacial score (nSPS) is 22.2. The molecule has 1 aromatic rings. The summed E-state index contributed by atoms with van der Waals surface area (Å²) in [5.74, 6) is 0.863. The summed E-state index contributed by atoms with van der Waals surface area (Å²) >= 11 is 2.33. The van der Waals surface area contributed by atoms with Crippen molar-refractivity contribution in [1.82, 2.24) is 0 Å². The molecule has 0 N–H and O–H groups in total. The van der Waals surface area contributed by atoms with Crippen molar-refractivity contribution in [1.29, 1.82) is 0 Å². The van der Waals surface area contributed by atoms with E-state index < -0.39 is 0 Å². The summed E-state index contributed by atoms with van der Waals surface area (Å²) in [5.41, 5.74) is 1.94. The Hall–Kier alpha value is -0.580. The smallest absolute Gasteiger partial charge is 0.237 e. The Labute approximate surface area is 129 Å². The monoisotopic (exact) mass is 371 g/mol. The first kappa shape index (κ1) is 14.8. The van der Waals surface area contributed by atoms with Crippen LogP contribution in [0.2, 0.25) is 0 Å². The number of benzene rings is 1. The average Bonchev–Trinajstić information content (AvgIpc) is 2.59. The Morgan fingerprint density at radius 3 is 2.53 bits per heavy atom. The van der Waals surface area contributed by atoms with E-state index >= 15 is 0 Å². The lowest BCUT2D eigenvalue weighted by Crippen LogP contribution is -2.37. The highest BCUT2D eigenvalue weighted by molar-refractivity contribution is 14.1. The van der Waals surface area contributed by atoms with E-state index in [-0.39, 0.29) is 11.3 Å². The largest absolute Gasteiger partial charge is 0.314 e. The van der Waals surface area contributed by atoms with Gasteiger partial charge in [0, 0.05) is 16.3 Å². The molecule has 3 heteroatoms. The minimum atomic E-state index is -0.345. The molecule has 1 aromatic carbocycles. The topological polar surface area (TPSA) is 20.3 Å². The molecule has 2 nitrogen and oxygen atoms in total. The Kier molecular flexibility index (Phi) is 4.23. The van der Waals surface area contributed by atoms with Crippen LogP contribution in [0.1, 0.15) is 45.6 Å². The summed E-state index contributed by atoms with van der Waals surface area (Å²) in [6.45, 7) is 6.55. The highest BCUT2D eigenvalue weighted by Gasteiger charge is 2.46. The van der Waals surface area contributed by atoms with E-state index in [1.165, 1.54) is 9.13 Å². The molecule has 1 heterocycles. The summed E-state index contributed by atoms with van der Waals surface area (Å²) in [6.07, 6.45) is 3.24. The molecule has 0 aliphatic carbocycles. The standard InChI is InChI=1S/C16H22INO/c1-5-11(6-2)10-16(3)13-9-12(17)7-8-14(13)18(4)15(16)19/h7-9,11H,5-6,10H2,1-4H3/t16-/m1/s1. The fourth-order valence-electron chi connectivity index (χ4n) is 3.19. The fraction of sp³-hybridized carbons (Fsp3) is 0.562. The molecule has 0 bridgehead atoms. The van der Waals surface area contributed by atoms with Gasteiger partial charge in [-0.15, -0.1) is 0 Å². The molecule has 1 atom stereocenters. The third kappa shape index (κ3) is 2.41. The first-order valence-corrected chi connectivity index (χ1v) is 8.10. The fourth-order valence-corrected chi connectivity index (χ4v) is 3.68. The second-order valence-corrected chi connectivity index (χ2v) is 6.99. The van der Waals surface area contributed by atoms with Crippen molar-refractivity contribution >= 4 is 34.2 Å². The van der Waals surface area contributed by atoms with Crippen LogP contribution < -0.4 is 4.90 Å². The number of fused-ring (bicyclic) bond motifs is 1. The number of rotatable bonds is 4. The number of carbonyl (C=O) groups excluding carboxylic acids is 1. The molecule has 0 unspecified atom stereocenters. The first-order chi connectivity index (χ1) is 8.93. The molecule has 1 amide bonds. The molecule has 2 rings (SSSR count). The van der Waals surface area contributed by atoms with Crippen LogP contribution in [0.5, 0.6) is 0 Å². The number of nitrogens with zero attached hydrogens (tertiary/aromatic N) is 1. The molecule has 0 spiro atoms. The second-order valence-electron chi connectivity index (χ2n) is 5.74. The van der Waals surface area contributed by atoms with Crippen molar-refractivity contribution in [2.45, 2.75) is 45.4 Å². The minimum Gasteiger partial charge on any atom is -0.314 e. The van der Waals surface area contributed by atoms with E-state index in [9.17, 15) is 4.79 Å². The third-order valence-corrected chi connectivity index (χ3v) is 5.21. The molecule has 104 valence electrons. The number of anilines is 1. The van der Waals surface area contributed by atoms with E-state index in [1.807, 2.05) is 11.9 Å². The molecule has 0 radical (unpaired) electrons. The summed E-state index contributed by atoms with van der Waals surface area (Å²) in [6, 6.07) is 6.33. The van der Waals surface area contributed by atoms with Gasteiger partial charge in [0.2, 0.25) is 5.91 Å². The van der Waals surface area contributed by atoms with Crippen LogP contribution in [0.4, 0.5) is 5.69 Å². The number of hydrogen-bond acceptors (Lipinski definition) is 1. The predicted octanol–water partition coefficient (Wildman–Crippen LogP) is 4.35. The van der Waals surface area contributed by atoms with Crippen LogP contribution in [0.3, 0.4) is 0 Å². The van der Waals surface area contributed by atoms with Crippen molar-refractivity contribution in [2.75, 3.05) is 11.9 Å². The summed E-state index contributed by atoms with van der Waals surface area (Å²) in [4.78, 5) is 14.5. The second kappa shape index (κ2) is 5.43. The minimum absolute atomic E-state index is 0.247. The van der Waals surface area contributed by atoms with Gasteiger partial charge in [-0.05, 0) is 65.6 Å². The van der Waals surface area contributed by atoms with Crippen LogP contribution >= 0.6 is 22.6 Å². The molecule has 19 heavy (non-hydrogen) atoms. The Balaban J connectivity index is 2.46. The van der Waals surface area contributed by atoms with Gasteiger partial charge in [0.1, 0.15) is 0 Å². The molecule has 1 aliphatic heterocycles. The van der Waals surface area contributed by atoms with Crippen LogP contribution in [-0.2, 0) is 10.2 Å². The van der Waals surface area contributed by atoms with Crippen molar-refractivity contribution in [2.24, 2.45) is 5.92 Å². The maximum Gasteiger partial charge on any atom is 0.237 e. The lowest BCUT2D eigenvalue weighted by atomic mass is 9.75. The molecular formula is C16H22INO. The van der Waals surface area contributed by atoms with Crippen molar-refractivity contribution in [3.8, 4) is 0 Å². The van der Waals surface area contributed by atoms with Gasteiger partial charge < -0.3 is 4.90 Å².